The minimum atomic E-state index is -5.85. The average Bonchev–Trinajstić information content (AvgIpc) is 1.80. The van der Waals surface area contributed by atoms with E-state index in [0.717, 1.165) is 64.0 Å². The second-order valence-corrected chi connectivity index (χ2v) is 30.3. The first kappa shape index (κ1) is 91.7. The van der Waals surface area contributed by atoms with Crippen molar-refractivity contribution in [2.45, 2.75) is 286 Å². The van der Waals surface area contributed by atoms with Gasteiger partial charge in [0.25, 0.3) is 5.91 Å². The van der Waals surface area contributed by atoms with Crippen LogP contribution in [0.15, 0.2) is 70.7 Å². The van der Waals surface area contributed by atoms with Gasteiger partial charge in [0, 0.05) is 26.7 Å². The Balaban J connectivity index is 1.25. The molecule has 6 aliphatic rings. The molecule has 109 heavy (non-hydrogen) atoms. The van der Waals surface area contributed by atoms with Crippen molar-refractivity contribution >= 4 is 49.3 Å². The van der Waals surface area contributed by atoms with Crippen molar-refractivity contribution in [1.29, 1.82) is 0 Å². The summed E-state index contributed by atoms with van der Waals surface area (Å²) < 4.78 is 88.9. The van der Waals surface area contributed by atoms with Crippen molar-refractivity contribution in [3.63, 3.8) is 0 Å². The minimum absolute atomic E-state index is 0.128. The third kappa shape index (κ3) is 25.4. The van der Waals surface area contributed by atoms with Gasteiger partial charge in [-0.15, -0.1) is 0 Å². The number of aliphatic hydroxyl groups excluding tert-OH is 10. The summed E-state index contributed by atoms with van der Waals surface area (Å²) in [4.78, 5) is 102. The summed E-state index contributed by atoms with van der Waals surface area (Å²) in [5.41, 5.74) is 12.0. The first-order chi connectivity index (χ1) is 50.9. The lowest BCUT2D eigenvalue weighted by Gasteiger charge is -2.52. The number of aliphatic hydroxyl groups is 11. The van der Waals surface area contributed by atoms with E-state index in [1.165, 1.54) is 18.1 Å². The van der Waals surface area contributed by atoms with Crippen LogP contribution in [0, 0.1) is 5.41 Å². The zero-order chi connectivity index (χ0) is 81.5. The molecule has 0 saturated carbocycles. The summed E-state index contributed by atoms with van der Waals surface area (Å²) in [6.07, 6.45) is -35.4. The van der Waals surface area contributed by atoms with E-state index in [-0.39, 0.29) is 24.9 Å². The first-order valence-electron chi connectivity index (χ1n) is 35.4. The highest BCUT2D eigenvalue weighted by Gasteiger charge is 2.62. The Morgan fingerprint density at radius 2 is 1.29 bits per heavy atom. The maximum Gasteiger partial charge on any atom is 0.474 e. The van der Waals surface area contributed by atoms with Gasteiger partial charge in [-0.3, -0.25) is 33.0 Å². The molecular formula is C69H108N5O34P. The number of rotatable bonds is 37. The number of phosphoric acid groups is 1. The number of carbonyl (C=O) groups is 7. The number of Topliss-reactive ketones (excluding diaryl/α,β-unsaturated/α-hetero) is 1. The van der Waals surface area contributed by atoms with E-state index < -0.39 is 240 Å². The molecule has 1 unspecified atom stereocenters. The van der Waals surface area contributed by atoms with Crippen LogP contribution in [0.3, 0.4) is 0 Å². The summed E-state index contributed by atoms with van der Waals surface area (Å²) in [5, 5.41) is 139. The van der Waals surface area contributed by atoms with Gasteiger partial charge in [0.2, 0.25) is 17.7 Å². The number of hydrogen-bond acceptors (Lipinski definition) is 32. The van der Waals surface area contributed by atoms with Crippen LogP contribution in [-0.2, 0) is 94.5 Å². The molecule has 40 heteroatoms. The van der Waals surface area contributed by atoms with Crippen molar-refractivity contribution in [1.82, 2.24) is 16.0 Å². The molecule has 618 valence electrons. The van der Waals surface area contributed by atoms with Gasteiger partial charge < -0.3 is 146 Å². The molecule has 39 nitrogen and oxygen atoms in total. The van der Waals surface area contributed by atoms with Gasteiger partial charge in [-0.25, -0.2) is 14.2 Å². The third-order valence-corrected chi connectivity index (χ3v) is 19.9. The quantitative estimate of drug-likeness (QED) is 0.0236. The Morgan fingerprint density at radius 1 is 0.716 bits per heavy atom. The predicted octanol–water partition coefficient (Wildman–Crippen LogP) is -2.03. The molecule has 5 aliphatic heterocycles. The van der Waals surface area contributed by atoms with E-state index in [4.69, 9.17) is 72.6 Å². The van der Waals surface area contributed by atoms with Gasteiger partial charge in [0.05, 0.1) is 32.5 Å². The summed E-state index contributed by atoms with van der Waals surface area (Å²) in [6, 6.07) is -4.00. The first-order valence-corrected chi connectivity index (χ1v) is 36.9. The summed E-state index contributed by atoms with van der Waals surface area (Å²) in [6.45, 7) is 16.8. The van der Waals surface area contributed by atoms with Gasteiger partial charge in [-0.2, -0.15) is 0 Å². The molecule has 0 aromatic carbocycles. The van der Waals surface area contributed by atoms with E-state index in [1.54, 1.807) is 13.0 Å². The Labute approximate surface area is 628 Å². The van der Waals surface area contributed by atoms with E-state index in [1.807, 2.05) is 6.08 Å². The Morgan fingerprint density at radius 3 is 1.88 bits per heavy atom. The lowest BCUT2D eigenvalue weighted by molar-refractivity contribution is -0.375. The Kier molecular flexibility index (Phi) is 34.1. The number of carbonyl (C=O) groups excluding carboxylic acids is 6. The molecule has 5 heterocycles. The summed E-state index contributed by atoms with van der Waals surface area (Å²) >= 11 is 0. The van der Waals surface area contributed by atoms with Crippen LogP contribution in [0.5, 0.6) is 0 Å². The van der Waals surface area contributed by atoms with Crippen LogP contribution >= 0.6 is 7.82 Å². The van der Waals surface area contributed by atoms with Gasteiger partial charge >= 0.3 is 19.9 Å². The van der Waals surface area contributed by atoms with Gasteiger partial charge in [-0.05, 0) is 91.9 Å². The maximum absolute atomic E-state index is 14.1. The van der Waals surface area contributed by atoms with E-state index in [9.17, 15) is 104 Å². The molecule has 0 aromatic rings. The standard InChI is InChI=1S/C69H108N5O34P/c1-30(2)15-14-17-31(3)18-19-33(5)22-25-68(9,10)24-13-12-16-32(4)23-26-96-41(61(90)91)29-98-109(94,95)108-66-56(57(107-67(71)92)69(11,93)58(106-66)59(70)88)105-63-44(73-36(8)77)47(82)54(40(101-63)28-97-64-51(86)48(83)45(80)39(27-75)100-64)103-62-43(72-35(7)76)46(81)53(34(6)99-62)102-65-52(87)49(84)50(85)55(104-65)60(89)74-42-37(78)20-21-38(42)79/h13,15,18,23-24,34,39-41,43-58,62-66,75,78,80-87,93H,5,12,14,16-17,19-22,25-29H2,1-4,6-11H3,(H2,70,88)(H2,71,92)(H,72,76)(H,73,77)(H,74,89)(H,90,91)(H,94,95)/t34-,39-,40-,41-,43-,44-,45-,46-,47-,48+,49+,50-,51-,52-,53-,54-,55+,56-,57-,58-,62+,63+,64-,65-,66-,69+/m1/s1. The molecule has 5 fully saturated rings. The molecule has 1 aliphatic carbocycles. The smallest absolute Gasteiger partial charge is 0.474 e. The maximum atomic E-state index is 14.1. The second-order valence-electron chi connectivity index (χ2n) is 28.9. The highest BCUT2D eigenvalue weighted by atomic mass is 31.2. The monoisotopic (exact) mass is 1580 g/mol. The molecular weight excluding hydrogens is 1470 g/mol. The molecule has 5 saturated heterocycles. The number of nitrogens with one attached hydrogen (secondary N) is 3. The fraction of sp³-hybridized carbons (Fsp3) is 0.725. The van der Waals surface area contributed by atoms with Crippen molar-refractivity contribution in [2.24, 2.45) is 16.9 Å². The lowest BCUT2D eigenvalue weighted by Crippen LogP contribution is -2.72. The van der Waals surface area contributed by atoms with Crippen molar-refractivity contribution in [2.75, 3.05) is 26.4 Å². The summed E-state index contributed by atoms with van der Waals surface area (Å²) in [7, 11) is -5.85. The van der Waals surface area contributed by atoms with Gasteiger partial charge in [0.1, 0.15) is 102 Å². The fourth-order valence-electron chi connectivity index (χ4n) is 12.6. The molecule has 27 atom stereocenters. The highest BCUT2D eigenvalue weighted by Crippen LogP contribution is 2.49. The van der Waals surface area contributed by atoms with Crippen LogP contribution in [0.25, 0.3) is 0 Å². The van der Waals surface area contributed by atoms with Crippen LogP contribution in [0.2, 0.25) is 0 Å². The number of allylic oxidation sites excluding steroid dienone is 10. The van der Waals surface area contributed by atoms with Crippen LogP contribution in [0.4, 0.5) is 4.79 Å². The number of hydrogen-bond donors (Lipinski definition) is 18. The molecule has 0 spiro atoms. The van der Waals surface area contributed by atoms with E-state index >= 15 is 0 Å². The number of aliphatic carboxylic acids is 1. The van der Waals surface area contributed by atoms with Crippen molar-refractivity contribution in [3.8, 4) is 0 Å². The predicted molar refractivity (Wildman–Crippen MR) is 372 cm³/mol. The van der Waals surface area contributed by atoms with Gasteiger partial charge in [0.15, 0.2) is 67.8 Å². The zero-order valence-corrected chi connectivity index (χ0v) is 63.1. The largest absolute Gasteiger partial charge is 0.510 e. The molecule has 0 radical (unpaired) electrons. The number of phosphoric ester groups is 1. The van der Waals surface area contributed by atoms with Crippen LogP contribution < -0.4 is 27.4 Å². The van der Waals surface area contributed by atoms with Crippen molar-refractivity contribution in [3.05, 3.63) is 70.7 Å². The number of ether oxygens (including phenoxy) is 11. The lowest BCUT2D eigenvalue weighted by atomic mass is 9.85. The highest BCUT2D eigenvalue weighted by molar-refractivity contribution is 7.47. The average molecular weight is 1580 g/mol. The SMILES string of the molecule is C=C(CC=C(C)CCC=C(C)C)CCC(C)(C)C=CCCC(C)=CCO[C@H](COP(=O)(O)O[C@H]1O[C@H](C(N)=O)[C@@](C)(O)[C@H](OC(N)=O)[C@H]1O[C@@H]1O[C@H](CO[C@@H]2O[C@H](CO)[C@@H](O)[C@H](O)[C@H]2O)[C@@H](O[C@@H]2O[C@H](C)[C@@H](O[C@@H]3O[C@H](C(=O)NC4=C(O)CCC4=O)[C@H](O)[C@H](O)[C@H]3O)[C@H](O)[C@H]2NC(C)=O)[C@H](O)[C@H]1NC(C)=O)C(=O)O. The van der Waals surface area contributed by atoms with Gasteiger partial charge in [-0.1, -0.05) is 73.1 Å². The molecule has 6 rings (SSSR count). The molecule has 20 N–H and O–H groups in total. The number of nitrogens with two attached hydrogens (primary N) is 2. The summed E-state index contributed by atoms with van der Waals surface area (Å²) in [5.74, 6) is -7.66. The Hall–Kier alpha value is -6.16. The van der Waals surface area contributed by atoms with Crippen LogP contribution in [0.1, 0.15) is 127 Å². The Bertz CT molecular complexity index is 3360. The fourth-order valence-corrected chi connectivity index (χ4v) is 13.5. The second kappa shape index (κ2) is 40.5. The van der Waals surface area contributed by atoms with Crippen molar-refractivity contribution < 1.29 is 165 Å². The minimum Gasteiger partial charge on any atom is -0.510 e. The molecule has 0 aromatic heterocycles. The van der Waals surface area contributed by atoms with E-state index in [2.05, 4.69) is 75.4 Å². The zero-order valence-electron chi connectivity index (χ0n) is 62.2. The normalized spacial score (nSPS) is 35.6. The molecule has 5 amide bonds. The number of ketones is 1. The third-order valence-electron chi connectivity index (χ3n) is 18.9. The van der Waals surface area contributed by atoms with E-state index in [0.29, 0.717) is 12.8 Å². The number of carboxylic acids is 1. The number of amides is 5. The topological polar surface area (TPSA) is 608 Å². The molecule has 0 bridgehead atoms. The number of carboxylic acid groups (broad SMARTS) is 1. The number of primary amides is 2. The van der Waals surface area contributed by atoms with Crippen LogP contribution in [-0.4, -0.2) is 293 Å².